The Morgan fingerprint density at radius 2 is 2.00 bits per heavy atom. The standard InChI is InChI=1S/C9H7F4NO3/c10-6-1-2-7(14(16)17)5(3-6)4-8(15)9(11,12)13/h1-3,8,15H,4H2. The number of halogens is 4. The molecule has 4 nitrogen and oxygen atoms in total. The molecule has 0 fully saturated rings. The Morgan fingerprint density at radius 1 is 1.41 bits per heavy atom. The third-order valence-corrected chi connectivity index (χ3v) is 2.03. The molecule has 8 heteroatoms. The van der Waals surface area contributed by atoms with Crippen LogP contribution in [0.2, 0.25) is 0 Å². The minimum Gasteiger partial charge on any atom is -0.383 e. The molecule has 94 valence electrons. The lowest BCUT2D eigenvalue weighted by Gasteiger charge is -2.14. The van der Waals surface area contributed by atoms with Crippen LogP contribution in [-0.4, -0.2) is 22.3 Å². The van der Waals surface area contributed by atoms with Gasteiger partial charge < -0.3 is 5.11 Å². The molecule has 1 unspecified atom stereocenters. The number of hydrogen-bond acceptors (Lipinski definition) is 3. The van der Waals surface area contributed by atoms with Crippen LogP contribution >= 0.6 is 0 Å². The van der Waals surface area contributed by atoms with Crippen molar-refractivity contribution in [1.29, 1.82) is 0 Å². The van der Waals surface area contributed by atoms with Gasteiger partial charge in [-0.05, 0) is 12.1 Å². The zero-order valence-electron chi connectivity index (χ0n) is 8.24. The van der Waals surface area contributed by atoms with E-state index in [0.717, 1.165) is 12.1 Å². The minimum absolute atomic E-state index is 0.500. The summed E-state index contributed by atoms with van der Waals surface area (Å²) in [6.07, 6.45) is -8.72. The second-order valence-electron chi connectivity index (χ2n) is 3.29. The Hall–Kier alpha value is -1.70. The number of nitrogens with zero attached hydrogens (tertiary/aromatic N) is 1. The lowest BCUT2D eigenvalue weighted by molar-refractivity contribution is -0.385. The van der Waals surface area contributed by atoms with E-state index in [0.29, 0.717) is 6.07 Å². The van der Waals surface area contributed by atoms with Crippen molar-refractivity contribution in [2.24, 2.45) is 0 Å². The largest absolute Gasteiger partial charge is 0.414 e. The number of rotatable bonds is 3. The van der Waals surface area contributed by atoms with Crippen molar-refractivity contribution in [1.82, 2.24) is 0 Å². The highest BCUT2D eigenvalue weighted by molar-refractivity contribution is 5.40. The zero-order valence-corrected chi connectivity index (χ0v) is 8.24. The lowest BCUT2D eigenvalue weighted by Crippen LogP contribution is -2.30. The predicted molar refractivity (Wildman–Crippen MR) is 48.8 cm³/mol. The number of aliphatic hydroxyl groups excluding tert-OH is 1. The van der Waals surface area contributed by atoms with Gasteiger partial charge in [0.05, 0.1) is 4.92 Å². The van der Waals surface area contributed by atoms with E-state index in [1.807, 2.05) is 0 Å². The molecule has 0 aliphatic carbocycles. The van der Waals surface area contributed by atoms with Crippen LogP contribution in [0.1, 0.15) is 5.56 Å². The second-order valence-corrected chi connectivity index (χ2v) is 3.29. The summed E-state index contributed by atoms with van der Waals surface area (Å²) in [6.45, 7) is 0. The monoisotopic (exact) mass is 253 g/mol. The van der Waals surface area contributed by atoms with Crippen LogP contribution in [0, 0.1) is 15.9 Å². The van der Waals surface area contributed by atoms with E-state index < -0.39 is 40.7 Å². The van der Waals surface area contributed by atoms with E-state index >= 15 is 0 Å². The molecule has 0 heterocycles. The molecule has 1 aromatic rings. The van der Waals surface area contributed by atoms with Crippen molar-refractivity contribution in [3.8, 4) is 0 Å². The molecule has 0 aliphatic heterocycles. The summed E-state index contributed by atoms with van der Waals surface area (Å²) in [7, 11) is 0. The Kier molecular flexibility index (Phi) is 3.66. The first-order chi connectivity index (χ1) is 7.71. The van der Waals surface area contributed by atoms with Crippen molar-refractivity contribution < 1.29 is 27.6 Å². The van der Waals surface area contributed by atoms with Gasteiger partial charge in [-0.15, -0.1) is 0 Å². The SMILES string of the molecule is O=[N+]([O-])c1ccc(F)cc1CC(O)C(F)(F)F. The molecule has 0 aliphatic rings. The fourth-order valence-electron chi connectivity index (χ4n) is 1.22. The number of hydrogen-bond donors (Lipinski definition) is 1. The van der Waals surface area contributed by atoms with Gasteiger partial charge >= 0.3 is 6.18 Å². The average molecular weight is 253 g/mol. The Morgan fingerprint density at radius 3 is 2.47 bits per heavy atom. The van der Waals surface area contributed by atoms with Gasteiger partial charge in [0.25, 0.3) is 5.69 Å². The molecule has 17 heavy (non-hydrogen) atoms. The fraction of sp³-hybridized carbons (Fsp3) is 0.333. The molecule has 1 N–H and O–H groups in total. The molecule has 0 radical (unpaired) electrons. The normalized spacial score (nSPS) is 13.5. The summed E-state index contributed by atoms with van der Waals surface area (Å²) < 4.78 is 48.9. The second kappa shape index (κ2) is 4.66. The maximum atomic E-state index is 12.8. The van der Waals surface area contributed by atoms with Gasteiger partial charge in [0, 0.05) is 18.1 Å². The molecular formula is C9H7F4NO3. The predicted octanol–water partition coefficient (Wildman–Crippen LogP) is 2.20. The Bertz CT molecular complexity index is 433. The maximum Gasteiger partial charge on any atom is 0.414 e. The molecule has 0 bridgehead atoms. The highest BCUT2D eigenvalue weighted by atomic mass is 19.4. The summed E-state index contributed by atoms with van der Waals surface area (Å²) in [5.74, 6) is -0.903. The zero-order chi connectivity index (χ0) is 13.2. The van der Waals surface area contributed by atoms with Crippen LogP contribution in [0.5, 0.6) is 0 Å². The van der Waals surface area contributed by atoms with Crippen molar-refractivity contribution >= 4 is 5.69 Å². The molecule has 1 aromatic carbocycles. The van der Waals surface area contributed by atoms with Crippen LogP contribution in [0.25, 0.3) is 0 Å². The highest BCUT2D eigenvalue weighted by Crippen LogP contribution is 2.27. The van der Waals surface area contributed by atoms with Crippen LogP contribution in [0.3, 0.4) is 0 Å². The van der Waals surface area contributed by atoms with Crippen LogP contribution < -0.4 is 0 Å². The number of benzene rings is 1. The maximum absolute atomic E-state index is 12.8. The Labute approximate surface area is 92.6 Å². The first kappa shape index (κ1) is 13.4. The average Bonchev–Trinajstić information content (AvgIpc) is 2.15. The van der Waals surface area contributed by atoms with Crippen molar-refractivity contribution in [2.45, 2.75) is 18.7 Å². The molecular weight excluding hydrogens is 246 g/mol. The van der Waals surface area contributed by atoms with Gasteiger partial charge in [0.1, 0.15) is 5.82 Å². The number of nitro groups is 1. The van der Waals surface area contributed by atoms with E-state index in [-0.39, 0.29) is 0 Å². The van der Waals surface area contributed by atoms with Crippen LogP contribution in [0.15, 0.2) is 18.2 Å². The molecule has 0 spiro atoms. The van der Waals surface area contributed by atoms with E-state index in [2.05, 4.69) is 0 Å². The number of alkyl halides is 3. The lowest BCUT2D eigenvalue weighted by atomic mass is 10.1. The van der Waals surface area contributed by atoms with Crippen molar-refractivity contribution in [3.05, 3.63) is 39.7 Å². The molecule has 0 saturated carbocycles. The molecule has 0 saturated heterocycles. The van der Waals surface area contributed by atoms with Crippen LogP contribution in [-0.2, 0) is 6.42 Å². The van der Waals surface area contributed by atoms with Gasteiger partial charge in [-0.1, -0.05) is 0 Å². The number of nitro benzene ring substituents is 1. The van der Waals surface area contributed by atoms with E-state index in [1.54, 1.807) is 0 Å². The van der Waals surface area contributed by atoms with Crippen LogP contribution in [0.4, 0.5) is 23.2 Å². The van der Waals surface area contributed by atoms with E-state index in [9.17, 15) is 27.7 Å². The van der Waals surface area contributed by atoms with E-state index in [4.69, 9.17) is 5.11 Å². The summed E-state index contributed by atoms with van der Waals surface area (Å²) in [4.78, 5) is 9.55. The van der Waals surface area contributed by atoms with Gasteiger partial charge in [-0.2, -0.15) is 13.2 Å². The smallest absolute Gasteiger partial charge is 0.383 e. The summed E-state index contributed by atoms with van der Waals surface area (Å²) >= 11 is 0. The third-order valence-electron chi connectivity index (χ3n) is 2.03. The fourth-order valence-corrected chi connectivity index (χ4v) is 1.22. The van der Waals surface area contributed by atoms with Crippen molar-refractivity contribution in [2.75, 3.05) is 0 Å². The first-order valence-electron chi connectivity index (χ1n) is 4.39. The van der Waals surface area contributed by atoms with Gasteiger partial charge in [-0.3, -0.25) is 10.1 Å². The molecule has 0 aromatic heterocycles. The van der Waals surface area contributed by atoms with Gasteiger partial charge in [0.2, 0.25) is 0 Å². The number of aliphatic hydroxyl groups is 1. The topological polar surface area (TPSA) is 63.4 Å². The molecule has 0 amide bonds. The summed E-state index contributed by atoms with van der Waals surface area (Å²) in [6, 6.07) is 2.13. The third kappa shape index (κ3) is 3.38. The van der Waals surface area contributed by atoms with Gasteiger partial charge in [0.15, 0.2) is 6.10 Å². The van der Waals surface area contributed by atoms with Gasteiger partial charge in [-0.25, -0.2) is 4.39 Å². The van der Waals surface area contributed by atoms with E-state index in [1.165, 1.54) is 0 Å². The first-order valence-corrected chi connectivity index (χ1v) is 4.39. The Balaban J connectivity index is 3.04. The quantitative estimate of drug-likeness (QED) is 0.510. The summed E-state index contributed by atoms with van der Waals surface area (Å²) in [5, 5.41) is 19.3. The molecule has 1 atom stereocenters. The van der Waals surface area contributed by atoms with Crippen molar-refractivity contribution in [3.63, 3.8) is 0 Å². The highest BCUT2D eigenvalue weighted by Gasteiger charge is 2.39. The minimum atomic E-state index is -4.90. The summed E-state index contributed by atoms with van der Waals surface area (Å²) in [5.41, 5.74) is -1.16. The molecule has 1 rings (SSSR count).